The van der Waals surface area contributed by atoms with Gasteiger partial charge in [-0.2, -0.15) is 5.10 Å². The van der Waals surface area contributed by atoms with Crippen LogP contribution in [0.1, 0.15) is 64.0 Å². The van der Waals surface area contributed by atoms with Gasteiger partial charge in [-0.3, -0.25) is 4.79 Å². The van der Waals surface area contributed by atoms with Crippen LogP contribution in [0.4, 0.5) is 5.69 Å². The Balaban J connectivity index is 1.77. The Kier molecular flexibility index (Phi) is 6.09. The number of hydrogen-bond donors (Lipinski definition) is 1. The molecule has 0 atom stereocenters. The Labute approximate surface area is 121 Å². The summed E-state index contributed by atoms with van der Waals surface area (Å²) in [6.07, 6.45) is 10.9. The highest BCUT2D eigenvalue weighted by Gasteiger charge is 2.12. The van der Waals surface area contributed by atoms with E-state index in [4.69, 9.17) is 0 Å². The highest BCUT2D eigenvalue weighted by atomic mass is 16.1. The Morgan fingerprint density at radius 2 is 1.95 bits per heavy atom. The van der Waals surface area contributed by atoms with Crippen LogP contribution in [-0.4, -0.2) is 16.3 Å². The average Bonchev–Trinajstić information content (AvgIpc) is 2.46. The van der Waals surface area contributed by atoms with Gasteiger partial charge in [-0.05, 0) is 19.3 Å². The number of hydrogen-bond acceptors (Lipinski definition) is 3. The minimum Gasteiger partial charge on any atom is -0.383 e. The molecule has 0 saturated heterocycles. The number of nitrogens with one attached hydrogen (secondary N) is 1. The molecule has 1 aliphatic heterocycles. The molecule has 20 heavy (non-hydrogen) atoms. The SMILES string of the molecule is CCCCCCCCCn1nc2c(cc1=O)NCCC2. The van der Waals surface area contributed by atoms with Crippen molar-refractivity contribution < 1.29 is 0 Å². The largest absolute Gasteiger partial charge is 0.383 e. The van der Waals surface area contributed by atoms with Crippen LogP contribution < -0.4 is 10.9 Å². The fourth-order valence-electron chi connectivity index (χ4n) is 2.73. The van der Waals surface area contributed by atoms with E-state index in [1.807, 2.05) is 0 Å². The van der Waals surface area contributed by atoms with Gasteiger partial charge in [0, 0.05) is 19.2 Å². The van der Waals surface area contributed by atoms with Crippen LogP contribution in [0, 0.1) is 0 Å². The Bertz CT molecular complexity index is 467. The van der Waals surface area contributed by atoms with Gasteiger partial charge in [-0.25, -0.2) is 4.68 Å². The molecule has 1 aliphatic rings. The van der Waals surface area contributed by atoms with Gasteiger partial charge >= 0.3 is 0 Å². The van der Waals surface area contributed by atoms with Crippen molar-refractivity contribution in [1.82, 2.24) is 9.78 Å². The van der Waals surface area contributed by atoms with Gasteiger partial charge in [0.15, 0.2) is 0 Å². The van der Waals surface area contributed by atoms with Crippen molar-refractivity contribution in [1.29, 1.82) is 0 Å². The predicted octanol–water partition coefficient (Wildman–Crippen LogP) is 3.35. The van der Waals surface area contributed by atoms with Gasteiger partial charge in [0.05, 0.1) is 11.4 Å². The number of aryl methyl sites for hydroxylation is 2. The van der Waals surface area contributed by atoms with E-state index in [1.165, 1.54) is 38.5 Å². The van der Waals surface area contributed by atoms with Crippen LogP contribution in [0.5, 0.6) is 0 Å². The minimum absolute atomic E-state index is 0.0316. The van der Waals surface area contributed by atoms with Crippen LogP contribution in [-0.2, 0) is 13.0 Å². The third kappa shape index (κ3) is 4.36. The second-order valence-corrected chi connectivity index (χ2v) is 5.72. The topological polar surface area (TPSA) is 46.9 Å². The molecule has 0 aliphatic carbocycles. The second kappa shape index (κ2) is 8.08. The number of aromatic nitrogens is 2. The highest BCUT2D eigenvalue weighted by Crippen LogP contribution is 2.16. The van der Waals surface area contributed by atoms with E-state index in [2.05, 4.69) is 17.3 Å². The maximum atomic E-state index is 12.0. The maximum absolute atomic E-state index is 12.0. The Hall–Kier alpha value is -1.32. The van der Waals surface area contributed by atoms with Crippen LogP contribution in [0.3, 0.4) is 0 Å². The molecule has 0 bridgehead atoms. The predicted molar refractivity (Wildman–Crippen MR) is 83.3 cm³/mol. The standard InChI is InChI=1S/C16H27N3O/c1-2-3-4-5-6-7-8-12-19-16(20)13-15-14(18-19)10-9-11-17-15/h13,17H,2-12H2,1H3. The molecule has 112 valence electrons. The molecule has 0 radical (unpaired) electrons. The van der Waals surface area contributed by atoms with Gasteiger partial charge in [0.25, 0.3) is 5.56 Å². The molecule has 0 unspecified atom stereocenters. The number of unbranched alkanes of at least 4 members (excludes halogenated alkanes) is 6. The lowest BCUT2D eigenvalue weighted by Gasteiger charge is -2.17. The zero-order chi connectivity index (χ0) is 14.2. The van der Waals surface area contributed by atoms with Crippen molar-refractivity contribution >= 4 is 5.69 Å². The van der Waals surface area contributed by atoms with E-state index in [1.54, 1.807) is 10.7 Å². The summed E-state index contributed by atoms with van der Waals surface area (Å²) in [4.78, 5) is 12.0. The van der Waals surface area contributed by atoms with Crippen molar-refractivity contribution in [3.05, 3.63) is 22.1 Å². The summed E-state index contributed by atoms with van der Waals surface area (Å²) in [6.45, 7) is 3.96. The van der Waals surface area contributed by atoms with Gasteiger partial charge in [0.1, 0.15) is 0 Å². The molecule has 0 fully saturated rings. The molecule has 0 amide bonds. The van der Waals surface area contributed by atoms with Gasteiger partial charge < -0.3 is 5.32 Å². The monoisotopic (exact) mass is 277 g/mol. The van der Waals surface area contributed by atoms with Crippen molar-refractivity contribution in [3.8, 4) is 0 Å². The summed E-state index contributed by atoms with van der Waals surface area (Å²) in [6, 6.07) is 1.71. The van der Waals surface area contributed by atoms with E-state index < -0.39 is 0 Å². The lowest BCUT2D eigenvalue weighted by molar-refractivity contribution is 0.498. The fraction of sp³-hybridized carbons (Fsp3) is 0.750. The molecule has 2 heterocycles. The molecular weight excluding hydrogens is 250 g/mol. The zero-order valence-corrected chi connectivity index (χ0v) is 12.7. The van der Waals surface area contributed by atoms with Gasteiger partial charge in [-0.15, -0.1) is 0 Å². The molecule has 0 aromatic carbocycles. The van der Waals surface area contributed by atoms with Crippen molar-refractivity contribution in [2.45, 2.75) is 71.3 Å². The second-order valence-electron chi connectivity index (χ2n) is 5.72. The van der Waals surface area contributed by atoms with Crippen LogP contribution in [0.2, 0.25) is 0 Å². The van der Waals surface area contributed by atoms with Crippen LogP contribution in [0.25, 0.3) is 0 Å². The van der Waals surface area contributed by atoms with E-state index in [9.17, 15) is 4.79 Å². The van der Waals surface area contributed by atoms with Crippen molar-refractivity contribution in [2.24, 2.45) is 0 Å². The van der Waals surface area contributed by atoms with Gasteiger partial charge in [0.2, 0.25) is 0 Å². The van der Waals surface area contributed by atoms with E-state index in [0.717, 1.165) is 43.7 Å². The summed E-state index contributed by atoms with van der Waals surface area (Å²) in [5.74, 6) is 0. The summed E-state index contributed by atoms with van der Waals surface area (Å²) in [7, 11) is 0. The Morgan fingerprint density at radius 3 is 2.75 bits per heavy atom. The minimum atomic E-state index is 0.0316. The summed E-state index contributed by atoms with van der Waals surface area (Å²) in [5, 5.41) is 7.75. The third-order valence-corrected chi connectivity index (χ3v) is 3.95. The molecule has 0 spiro atoms. The maximum Gasteiger partial charge on any atom is 0.268 e. The molecule has 2 rings (SSSR count). The molecule has 0 saturated carbocycles. The molecule has 1 aromatic rings. The van der Waals surface area contributed by atoms with Crippen molar-refractivity contribution in [3.63, 3.8) is 0 Å². The zero-order valence-electron chi connectivity index (χ0n) is 12.7. The molecule has 1 aromatic heterocycles. The van der Waals surface area contributed by atoms with Crippen molar-refractivity contribution in [2.75, 3.05) is 11.9 Å². The quantitative estimate of drug-likeness (QED) is 0.741. The Morgan fingerprint density at radius 1 is 1.20 bits per heavy atom. The van der Waals surface area contributed by atoms with Crippen LogP contribution >= 0.6 is 0 Å². The van der Waals surface area contributed by atoms with Gasteiger partial charge in [-0.1, -0.05) is 45.4 Å². The summed E-state index contributed by atoms with van der Waals surface area (Å²) >= 11 is 0. The normalized spacial score (nSPS) is 13.8. The molecule has 4 heteroatoms. The summed E-state index contributed by atoms with van der Waals surface area (Å²) < 4.78 is 1.65. The first-order chi connectivity index (χ1) is 9.81. The van der Waals surface area contributed by atoms with E-state index in [-0.39, 0.29) is 5.56 Å². The molecule has 1 N–H and O–H groups in total. The highest BCUT2D eigenvalue weighted by molar-refractivity contribution is 5.48. The average molecular weight is 277 g/mol. The number of fused-ring (bicyclic) bond motifs is 1. The van der Waals surface area contributed by atoms with Crippen LogP contribution in [0.15, 0.2) is 10.9 Å². The fourth-order valence-corrected chi connectivity index (χ4v) is 2.73. The third-order valence-electron chi connectivity index (χ3n) is 3.95. The summed E-state index contributed by atoms with van der Waals surface area (Å²) in [5.41, 5.74) is 2.03. The lowest BCUT2D eigenvalue weighted by Crippen LogP contribution is -2.27. The molecule has 4 nitrogen and oxygen atoms in total. The van der Waals surface area contributed by atoms with E-state index in [0.29, 0.717) is 0 Å². The first-order valence-electron chi connectivity index (χ1n) is 8.16. The number of rotatable bonds is 8. The first kappa shape index (κ1) is 15.1. The smallest absolute Gasteiger partial charge is 0.268 e. The molecular formula is C16H27N3O. The number of anilines is 1. The number of nitrogens with zero attached hydrogens (tertiary/aromatic N) is 2. The lowest BCUT2D eigenvalue weighted by atomic mass is 10.1. The van der Waals surface area contributed by atoms with E-state index >= 15 is 0 Å². The first-order valence-corrected chi connectivity index (χ1v) is 8.16.